The van der Waals surface area contributed by atoms with Crippen LogP contribution in [0.1, 0.15) is 83.1 Å². The number of benzene rings is 2. The van der Waals surface area contributed by atoms with E-state index < -0.39 is 0 Å². The van der Waals surface area contributed by atoms with Crippen LogP contribution in [0.15, 0.2) is 60.7 Å². The Labute approximate surface area is 177 Å². The van der Waals surface area contributed by atoms with E-state index in [0.717, 1.165) is 0 Å². The Morgan fingerprint density at radius 2 is 0.897 bits per heavy atom. The van der Waals surface area contributed by atoms with Crippen LogP contribution in [0, 0.1) is 11.8 Å². The molecule has 2 bridgehead atoms. The van der Waals surface area contributed by atoms with Gasteiger partial charge in [-0.2, -0.15) is 0 Å². The molecule has 2 atom stereocenters. The standard InChI is InChI=1S/C29H36/c1-28(2,3)24-13-7-20(8-14-24)26-17-11-23-19-22(26)12-18-27(23)21-9-15-25(16-10-21)29(4,5)6/h7-10,13-18,22-23H,11-12,19H2,1-6H3. The van der Waals surface area contributed by atoms with Gasteiger partial charge in [-0.3, -0.25) is 0 Å². The Hall–Kier alpha value is -2.08. The average Bonchev–Trinajstić information content (AvgIpc) is 2.67. The van der Waals surface area contributed by atoms with Crippen LogP contribution in [-0.2, 0) is 10.8 Å². The first-order valence-electron chi connectivity index (χ1n) is 11.2. The van der Waals surface area contributed by atoms with Crippen LogP contribution in [0.2, 0.25) is 0 Å². The highest BCUT2D eigenvalue weighted by molar-refractivity contribution is 5.75. The van der Waals surface area contributed by atoms with Crippen molar-refractivity contribution in [2.24, 2.45) is 11.8 Å². The van der Waals surface area contributed by atoms with Gasteiger partial charge in [0.05, 0.1) is 0 Å². The van der Waals surface area contributed by atoms with Crippen molar-refractivity contribution in [3.8, 4) is 0 Å². The minimum Gasteiger partial charge on any atom is -0.0798 e. The average molecular weight is 385 g/mol. The van der Waals surface area contributed by atoms with E-state index in [2.05, 4.69) is 102 Å². The van der Waals surface area contributed by atoms with Crippen molar-refractivity contribution in [1.82, 2.24) is 0 Å². The third-order valence-corrected chi connectivity index (χ3v) is 6.86. The number of rotatable bonds is 2. The van der Waals surface area contributed by atoms with Gasteiger partial charge in [0, 0.05) is 0 Å². The quantitative estimate of drug-likeness (QED) is 0.489. The molecule has 4 rings (SSSR count). The Morgan fingerprint density at radius 3 is 1.21 bits per heavy atom. The Kier molecular flexibility index (Phi) is 5.09. The second-order valence-corrected chi connectivity index (χ2v) is 11.1. The molecular formula is C29H36. The predicted octanol–water partition coefficient (Wildman–Crippen LogP) is 8.18. The Morgan fingerprint density at radius 1 is 0.552 bits per heavy atom. The van der Waals surface area contributed by atoms with Crippen molar-refractivity contribution in [2.45, 2.75) is 71.6 Å². The van der Waals surface area contributed by atoms with Crippen molar-refractivity contribution >= 4 is 11.1 Å². The van der Waals surface area contributed by atoms with Gasteiger partial charge >= 0.3 is 0 Å². The fourth-order valence-corrected chi connectivity index (χ4v) is 4.95. The normalized spacial score (nSPS) is 22.1. The highest BCUT2D eigenvalue weighted by Gasteiger charge is 2.31. The molecule has 0 nitrogen and oxygen atoms in total. The first kappa shape index (κ1) is 20.2. The molecule has 0 aromatic heterocycles. The second kappa shape index (κ2) is 7.31. The number of hydrogen-bond acceptors (Lipinski definition) is 0. The highest BCUT2D eigenvalue weighted by atomic mass is 14.4. The lowest BCUT2D eigenvalue weighted by atomic mass is 9.69. The van der Waals surface area contributed by atoms with Crippen molar-refractivity contribution in [3.05, 3.63) is 82.9 Å². The van der Waals surface area contributed by atoms with Gasteiger partial charge in [0.1, 0.15) is 0 Å². The zero-order valence-electron chi connectivity index (χ0n) is 19.0. The van der Waals surface area contributed by atoms with Gasteiger partial charge in [0.15, 0.2) is 0 Å². The van der Waals surface area contributed by atoms with E-state index in [1.165, 1.54) is 41.5 Å². The second-order valence-electron chi connectivity index (χ2n) is 11.1. The zero-order chi connectivity index (χ0) is 20.8. The summed E-state index contributed by atoms with van der Waals surface area (Å²) in [4.78, 5) is 0. The molecule has 2 unspecified atom stereocenters. The summed E-state index contributed by atoms with van der Waals surface area (Å²) in [5.41, 5.74) is 9.26. The van der Waals surface area contributed by atoms with E-state index in [1.54, 1.807) is 11.1 Å². The van der Waals surface area contributed by atoms with E-state index in [0.29, 0.717) is 11.8 Å². The third-order valence-electron chi connectivity index (χ3n) is 6.86. The van der Waals surface area contributed by atoms with Gasteiger partial charge in [-0.05, 0) is 75.3 Å². The van der Waals surface area contributed by atoms with Crippen LogP contribution in [-0.4, -0.2) is 0 Å². The van der Waals surface area contributed by atoms with E-state index >= 15 is 0 Å². The largest absolute Gasteiger partial charge is 0.0798 e. The first-order valence-corrected chi connectivity index (χ1v) is 11.2. The highest BCUT2D eigenvalue weighted by Crippen LogP contribution is 2.47. The van der Waals surface area contributed by atoms with E-state index in [9.17, 15) is 0 Å². The fourth-order valence-electron chi connectivity index (χ4n) is 4.95. The molecule has 2 aromatic carbocycles. The number of fused-ring (bicyclic) bond motifs is 2. The van der Waals surface area contributed by atoms with Crippen molar-refractivity contribution in [1.29, 1.82) is 0 Å². The van der Waals surface area contributed by atoms with Crippen molar-refractivity contribution < 1.29 is 0 Å². The molecule has 0 aliphatic heterocycles. The molecule has 0 heterocycles. The lowest BCUT2D eigenvalue weighted by molar-refractivity contribution is 0.468. The first-order chi connectivity index (χ1) is 13.6. The van der Waals surface area contributed by atoms with Gasteiger partial charge in [-0.1, -0.05) is 102 Å². The third kappa shape index (κ3) is 4.13. The maximum absolute atomic E-state index is 2.53. The van der Waals surface area contributed by atoms with Crippen LogP contribution in [0.3, 0.4) is 0 Å². The molecule has 2 aliphatic carbocycles. The maximum atomic E-state index is 2.53. The Bertz CT molecular complexity index is 842. The maximum Gasteiger partial charge on any atom is -0.0118 e. The molecule has 2 aliphatic rings. The minimum atomic E-state index is 0.218. The van der Waals surface area contributed by atoms with Gasteiger partial charge in [-0.25, -0.2) is 0 Å². The molecule has 0 radical (unpaired) electrons. The summed E-state index contributed by atoms with van der Waals surface area (Å²) in [6.07, 6.45) is 8.68. The van der Waals surface area contributed by atoms with Crippen LogP contribution in [0.4, 0.5) is 0 Å². The van der Waals surface area contributed by atoms with Crippen molar-refractivity contribution in [3.63, 3.8) is 0 Å². The summed E-state index contributed by atoms with van der Waals surface area (Å²) in [6.45, 7) is 13.7. The number of allylic oxidation sites excluding steroid dienone is 4. The van der Waals surface area contributed by atoms with Gasteiger partial charge in [-0.15, -0.1) is 0 Å². The van der Waals surface area contributed by atoms with Gasteiger partial charge < -0.3 is 0 Å². The van der Waals surface area contributed by atoms with Crippen LogP contribution in [0.25, 0.3) is 11.1 Å². The molecule has 0 saturated carbocycles. The molecule has 152 valence electrons. The zero-order valence-corrected chi connectivity index (χ0v) is 19.0. The summed E-state index contributed by atoms with van der Waals surface area (Å²) in [5.74, 6) is 1.35. The molecule has 0 N–H and O–H groups in total. The monoisotopic (exact) mass is 384 g/mol. The molecule has 0 spiro atoms. The summed E-state index contributed by atoms with van der Waals surface area (Å²) >= 11 is 0. The molecule has 29 heavy (non-hydrogen) atoms. The van der Waals surface area contributed by atoms with Gasteiger partial charge in [0.25, 0.3) is 0 Å². The molecular weight excluding hydrogens is 348 g/mol. The molecule has 0 heteroatoms. The molecule has 0 amide bonds. The SMILES string of the molecule is CC(C)(C)c1ccc(C2=CCC3CC2CC=C3c2ccc(C(C)(C)C)cc2)cc1. The van der Waals surface area contributed by atoms with Crippen LogP contribution < -0.4 is 0 Å². The van der Waals surface area contributed by atoms with Crippen LogP contribution >= 0.6 is 0 Å². The summed E-state index contributed by atoms with van der Waals surface area (Å²) in [7, 11) is 0. The minimum absolute atomic E-state index is 0.218. The van der Waals surface area contributed by atoms with E-state index in [4.69, 9.17) is 0 Å². The van der Waals surface area contributed by atoms with E-state index in [1.807, 2.05) is 0 Å². The topological polar surface area (TPSA) is 0 Å². The molecule has 0 saturated heterocycles. The fraction of sp³-hybridized carbons (Fsp3) is 0.448. The lowest BCUT2D eigenvalue weighted by Crippen LogP contribution is -2.21. The molecule has 2 aromatic rings. The Balaban J connectivity index is 1.53. The van der Waals surface area contributed by atoms with E-state index in [-0.39, 0.29) is 10.8 Å². The van der Waals surface area contributed by atoms with Crippen molar-refractivity contribution in [2.75, 3.05) is 0 Å². The molecule has 0 fully saturated rings. The summed E-state index contributed by atoms with van der Waals surface area (Å²) < 4.78 is 0. The number of hydrogen-bond donors (Lipinski definition) is 0. The summed E-state index contributed by atoms with van der Waals surface area (Å²) in [5, 5.41) is 0. The van der Waals surface area contributed by atoms with Crippen LogP contribution in [0.5, 0.6) is 0 Å². The smallest absolute Gasteiger partial charge is 0.0118 e. The summed E-state index contributed by atoms with van der Waals surface area (Å²) in [6, 6.07) is 18.7. The van der Waals surface area contributed by atoms with Gasteiger partial charge in [0.2, 0.25) is 0 Å². The lowest BCUT2D eigenvalue weighted by Gasteiger charge is -2.36. The predicted molar refractivity (Wildman–Crippen MR) is 127 cm³/mol.